The predicted molar refractivity (Wildman–Crippen MR) is 104 cm³/mol. The third-order valence-electron chi connectivity index (χ3n) is 6.37. The molecule has 136 valence electrons. The van der Waals surface area contributed by atoms with Crippen LogP contribution in [-0.4, -0.2) is 41.5 Å². The van der Waals surface area contributed by atoms with Crippen LogP contribution in [0.5, 0.6) is 0 Å². The first-order valence-electron chi connectivity index (χ1n) is 9.46. The fraction of sp³-hybridized carbons (Fsp3) is 0.684. The summed E-state index contributed by atoms with van der Waals surface area (Å²) in [5.74, 6) is 1.27. The van der Waals surface area contributed by atoms with Crippen LogP contribution in [0.3, 0.4) is 0 Å². The predicted octanol–water partition coefficient (Wildman–Crippen LogP) is 4.65. The maximum absolute atomic E-state index is 13.2. The molecule has 1 aromatic heterocycles. The molecular weight excluding hydrogens is 402 g/mol. The largest absolute Gasteiger partial charge is 0.355 e. The van der Waals surface area contributed by atoms with Gasteiger partial charge in [-0.3, -0.25) is 4.79 Å². The fourth-order valence-corrected chi connectivity index (χ4v) is 5.59. The molecule has 6 heteroatoms. The Hall–Kier alpha value is -0.810. The van der Waals surface area contributed by atoms with E-state index >= 15 is 0 Å². The quantitative estimate of drug-likeness (QED) is 0.690. The minimum Gasteiger partial charge on any atom is -0.355 e. The van der Waals surface area contributed by atoms with E-state index in [1.165, 1.54) is 32.1 Å². The van der Waals surface area contributed by atoms with E-state index < -0.39 is 0 Å². The molecule has 0 bridgehead atoms. The maximum Gasteiger partial charge on any atom is 0.229 e. The first-order chi connectivity index (χ1) is 12.1. The fourth-order valence-electron chi connectivity index (χ4n) is 4.84. The van der Waals surface area contributed by atoms with Crippen LogP contribution >= 0.6 is 27.5 Å². The van der Waals surface area contributed by atoms with Gasteiger partial charge in [0.1, 0.15) is 5.82 Å². The van der Waals surface area contributed by atoms with Crippen molar-refractivity contribution in [2.45, 2.75) is 57.4 Å². The van der Waals surface area contributed by atoms with Crippen LogP contribution < -0.4 is 4.90 Å². The Bertz CT molecular complexity index is 654. The van der Waals surface area contributed by atoms with Crippen molar-refractivity contribution < 1.29 is 4.79 Å². The highest BCUT2D eigenvalue weighted by atomic mass is 79.9. The van der Waals surface area contributed by atoms with E-state index in [1.54, 1.807) is 6.20 Å². The van der Waals surface area contributed by atoms with Crippen LogP contribution in [0.1, 0.15) is 51.4 Å². The molecule has 2 aliphatic heterocycles. The van der Waals surface area contributed by atoms with Crippen molar-refractivity contribution in [1.82, 2.24) is 9.88 Å². The standard InChI is InChI=1S/C19H25BrClN3O/c20-14-12-16(21)17(22-13-14)23-9-6-19(7-10-23)8-11-24(18(19)25)15-4-2-1-3-5-15/h12-13,15H,1-11H2. The Balaban J connectivity index is 1.43. The van der Waals surface area contributed by atoms with E-state index in [0.717, 1.165) is 49.2 Å². The zero-order chi connectivity index (χ0) is 17.4. The van der Waals surface area contributed by atoms with Crippen molar-refractivity contribution in [3.05, 3.63) is 21.8 Å². The van der Waals surface area contributed by atoms with Gasteiger partial charge >= 0.3 is 0 Å². The van der Waals surface area contributed by atoms with Gasteiger partial charge in [-0.1, -0.05) is 30.9 Å². The topological polar surface area (TPSA) is 36.4 Å². The van der Waals surface area contributed by atoms with Crippen molar-refractivity contribution in [3.8, 4) is 0 Å². The van der Waals surface area contributed by atoms with Crippen LogP contribution in [0.15, 0.2) is 16.7 Å². The minimum absolute atomic E-state index is 0.129. The summed E-state index contributed by atoms with van der Waals surface area (Å²) in [6.07, 6.45) is 10.9. The molecule has 4 nitrogen and oxygen atoms in total. The lowest BCUT2D eigenvalue weighted by Crippen LogP contribution is -2.47. The first kappa shape index (κ1) is 17.6. The van der Waals surface area contributed by atoms with Crippen LogP contribution in [0.4, 0.5) is 5.82 Å². The lowest BCUT2D eigenvalue weighted by atomic mass is 9.77. The van der Waals surface area contributed by atoms with Crippen molar-refractivity contribution in [2.24, 2.45) is 5.41 Å². The molecule has 2 saturated heterocycles. The Morgan fingerprint density at radius 1 is 1.12 bits per heavy atom. The van der Waals surface area contributed by atoms with E-state index in [-0.39, 0.29) is 5.41 Å². The number of halogens is 2. The molecular formula is C19H25BrClN3O. The second kappa shape index (κ2) is 7.07. The normalized spacial score (nSPS) is 24.3. The van der Waals surface area contributed by atoms with Crippen molar-refractivity contribution in [1.29, 1.82) is 0 Å². The van der Waals surface area contributed by atoms with Crippen LogP contribution in [0.25, 0.3) is 0 Å². The average Bonchev–Trinajstić information content (AvgIpc) is 2.93. The molecule has 25 heavy (non-hydrogen) atoms. The number of anilines is 1. The summed E-state index contributed by atoms with van der Waals surface area (Å²) in [5, 5.41) is 0.673. The van der Waals surface area contributed by atoms with Gasteiger partial charge in [-0.25, -0.2) is 4.98 Å². The number of likely N-dealkylation sites (tertiary alicyclic amines) is 1. The van der Waals surface area contributed by atoms with Crippen molar-refractivity contribution >= 4 is 39.3 Å². The molecule has 1 aromatic rings. The van der Waals surface area contributed by atoms with Gasteiger partial charge in [-0.2, -0.15) is 0 Å². The summed E-state index contributed by atoms with van der Waals surface area (Å²) in [6, 6.07) is 2.39. The molecule has 0 aromatic carbocycles. The second-order valence-corrected chi connectivity index (χ2v) is 9.09. The Morgan fingerprint density at radius 3 is 2.48 bits per heavy atom. The summed E-state index contributed by atoms with van der Waals surface area (Å²) in [7, 11) is 0. The molecule has 0 N–H and O–H groups in total. The van der Waals surface area contributed by atoms with Crippen LogP contribution in [0.2, 0.25) is 5.02 Å². The summed E-state index contributed by atoms with van der Waals surface area (Å²) in [6.45, 7) is 2.68. The molecule has 0 unspecified atom stereocenters. The monoisotopic (exact) mass is 425 g/mol. The molecule has 0 atom stereocenters. The lowest BCUT2D eigenvalue weighted by Gasteiger charge is -2.40. The second-order valence-electron chi connectivity index (χ2n) is 7.77. The zero-order valence-corrected chi connectivity index (χ0v) is 16.9. The van der Waals surface area contributed by atoms with Gasteiger partial charge in [-0.05, 0) is 54.1 Å². The molecule has 3 aliphatic rings. The third-order valence-corrected chi connectivity index (χ3v) is 7.08. The lowest BCUT2D eigenvalue weighted by molar-refractivity contribution is -0.139. The molecule has 0 radical (unpaired) electrons. The number of carbonyl (C=O) groups excluding carboxylic acids is 1. The van der Waals surface area contributed by atoms with Gasteiger partial charge in [-0.15, -0.1) is 0 Å². The van der Waals surface area contributed by atoms with E-state index in [9.17, 15) is 4.79 Å². The first-order valence-corrected chi connectivity index (χ1v) is 10.6. The van der Waals surface area contributed by atoms with Gasteiger partial charge < -0.3 is 9.80 Å². The highest BCUT2D eigenvalue weighted by Crippen LogP contribution is 2.44. The van der Waals surface area contributed by atoms with Gasteiger partial charge in [0.2, 0.25) is 5.91 Å². The van der Waals surface area contributed by atoms with E-state index in [4.69, 9.17) is 11.6 Å². The molecule has 3 fully saturated rings. The molecule has 1 saturated carbocycles. The Morgan fingerprint density at radius 2 is 1.80 bits per heavy atom. The van der Waals surface area contributed by atoms with E-state index in [1.807, 2.05) is 6.07 Å². The summed E-state index contributed by atoms with van der Waals surface area (Å²) < 4.78 is 0.892. The third kappa shape index (κ3) is 3.30. The Kier molecular flexibility index (Phi) is 4.98. The summed E-state index contributed by atoms with van der Waals surface area (Å²) in [4.78, 5) is 22.1. The number of carbonyl (C=O) groups is 1. The molecule has 1 aliphatic carbocycles. The number of hydrogen-bond acceptors (Lipinski definition) is 3. The molecule has 1 spiro atoms. The minimum atomic E-state index is -0.129. The van der Waals surface area contributed by atoms with Crippen LogP contribution in [0, 0.1) is 5.41 Å². The SMILES string of the molecule is O=C1N(C2CCCCC2)CCC12CCN(c1ncc(Br)cc1Cl)CC2. The number of nitrogens with zero attached hydrogens (tertiary/aromatic N) is 3. The summed E-state index contributed by atoms with van der Waals surface area (Å²) in [5.41, 5.74) is -0.129. The van der Waals surface area contributed by atoms with Gasteiger partial charge in [0.15, 0.2) is 0 Å². The van der Waals surface area contributed by atoms with Gasteiger partial charge in [0.05, 0.1) is 10.4 Å². The van der Waals surface area contributed by atoms with Crippen molar-refractivity contribution in [2.75, 3.05) is 24.5 Å². The zero-order valence-electron chi connectivity index (χ0n) is 14.5. The highest BCUT2D eigenvalue weighted by molar-refractivity contribution is 9.10. The van der Waals surface area contributed by atoms with Crippen molar-refractivity contribution in [3.63, 3.8) is 0 Å². The number of aromatic nitrogens is 1. The number of amides is 1. The number of hydrogen-bond donors (Lipinski definition) is 0. The molecule has 1 amide bonds. The molecule has 4 rings (SSSR count). The van der Waals surface area contributed by atoms with Crippen LogP contribution in [-0.2, 0) is 4.79 Å². The summed E-state index contributed by atoms with van der Waals surface area (Å²) >= 11 is 9.76. The average molecular weight is 427 g/mol. The van der Waals surface area contributed by atoms with E-state index in [0.29, 0.717) is 17.0 Å². The van der Waals surface area contributed by atoms with E-state index in [2.05, 4.69) is 30.7 Å². The Labute approximate surface area is 163 Å². The number of pyridine rings is 1. The smallest absolute Gasteiger partial charge is 0.229 e. The maximum atomic E-state index is 13.2. The number of piperidine rings is 1. The highest BCUT2D eigenvalue weighted by Gasteiger charge is 2.49. The van der Waals surface area contributed by atoms with Gasteiger partial charge in [0, 0.05) is 36.3 Å². The number of rotatable bonds is 2. The van der Waals surface area contributed by atoms with Gasteiger partial charge in [0.25, 0.3) is 0 Å². The molecule has 3 heterocycles.